The zero-order chi connectivity index (χ0) is 9.10. The van der Waals surface area contributed by atoms with Gasteiger partial charge in [0.2, 0.25) is 6.41 Å². The Morgan fingerprint density at radius 3 is 3.15 bits per heavy atom. The van der Waals surface area contributed by atoms with Crippen molar-refractivity contribution in [2.45, 2.75) is 25.3 Å². The molecule has 0 saturated carbocycles. The maximum Gasteiger partial charge on any atom is 0.207 e. The summed E-state index contributed by atoms with van der Waals surface area (Å²) >= 11 is 0. The van der Waals surface area contributed by atoms with Gasteiger partial charge in [0.05, 0.1) is 0 Å². The molecule has 0 heterocycles. The number of hydrogen-bond acceptors (Lipinski definition) is 1. The Hall–Kier alpha value is -1.31. The van der Waals surface area contributed by atoms with Crippen molar-refractivity contribution in [2.24, 2.45) is 0 Å². The smallest absolute Gasteiger partial charge is 0.207 e. The molecule has 2 rings (SSSR count). The maximum absolute atomic E-state index is 10.3. The fraction of sp³-hybridized carbons (Fsp3) is 0.364. The molecule has 68 valence electrons. The summed E-state index contributed by atoms with van der Waals surface area (Å²) in [6.45, 7) is 0. The highest BCUT2D eigenvalue weighted by Crippen LogP contribution is 2.31. The third-order valence-corrected chi connectivity index (χ3v) is 2.63. The first kappa shape index (κ1) is 8.30. The van der Waals surface area contributed by atoms with Crippen molar-refractivity contribution in [2.75, 3.05) is 0 Å². The number of nitrogens with one attached hydrogen (secondary N) is 1. The first-order chi connectivity index (χ1) is 6.40. The molecular formula is C11H13NO. The lowest BCUT2D eigenvalue weighted by Gasteiger charge is -2.07. The minimum absolute atomic E-state index is 0.332. The predicted octanol–water partition coefficient (Wildman–Crippen LogP) is 1.71. The van der Waals surface area contributed by atoms with Crippen molar-refractivity contribution in [3.05, 3.63) is 35.5 Å². The van der Waals surface area contributed by atoms with Gasteiger partial charge in [-0.1, -0.05) is 29.9 Å². The Morgan fingerprint density at radius 1 is 1.38 bits per heavy atom. The fourth-order valence-corrected chi connectivity index (χ4v) is 1.99. The molecule has 1 atom stereocenters. The molecule has 0 aliphatic heterocycles. The number of carbonyl (C=O) groups excluding carboxylic acids is 1. The molecule has 0 saturated heterocycles. The van der Waals surface area contributed by atoms with E-state index in [0.29, 0.717) is 6.04 Å². The van der Waals surface area contributed by atoms with Crippen LogP contribution in [0.2, 0.25) is 0 Å². The second kappa shape index (κ2) is 3.60. The second-order valence-corrected chi connectivity index (χ2v) is 3.51. The van der Waals surface area contributed by atoms with Crippen LogP contribution in [0.25, 0.3) is 0 Å². The van der Waals surface area contributed by atoms with Gasteiger partial charge in [-0.3, -0.25) is 4.79 Å². The highest BCUT2D eigenvalue weighted by molar-refractivity contribution is 5.48. The fourth-order valence-electron chi connectivity index (χ4n) is 1.99. The lowest BCUT2D eigenvalue weighted by Crippen LogP contribution is -2.25. The Labute approximate surface area is 78.0 Å². The Balaban J connectivity index is 2.07. The first-order valence-electron chi connectivity index (χ1n) is 4.64. The molecule has 1 N–H and O–H groups in total. The normalized spacial score (nSPS) is 25.7. The van der Waals surface area contributed by atoms with E-state index in [2.05, 4.69) is 29.6 Å². The molecule has 0 aromatic rings. The molecule has 1 amide bonds. The van der Waals surface area contributed by atoms with Crippen LogP contribution in [0.1, 0.15) is 19.3 Å². The van der Waals surface area contributed by atoms with Gasteiger partial charge in [-0.2, -0.15) is 0 Å². The number of rotatable bonds is 2. The minimum atomic E-state index is 0.332. The Kier molecular flexibility index (Phi) is 2.30. The van der Waals surface area contributed by atoms with E-state index in [9.17, 15) is 4.79 Å². The zero-order valence-electron chi connectivity index (χ0n) is 7.49. The van der Waals surface area contributed by atoms with Crippen LogP contribution in [0.15, 0.2) is 35.5 Å². The van der Waals surface area contributed by atoms with Crippen molar-refractivity contribution in [1.29, 1.82) is 0 Å². The molecule has 0 bridgehead atoms. The van der Waals surface area contributed by atoms with Crippen molar-refractivity contribution in [1.82, 2.24) is 5.32 Å². The van der Waals surface area contributed by atoms with Crippen LogP contribution in [-0.4, -0.2) is 12.5 Å². The van der Waals surface area contributed by atoms with Crippen LogP contribution in [0.3, 0.4) is 0 Å². The molecule has 0 radical (unpaired) electrons. The second-order valence-electron chi connectivity index (χ2n) is 3.51. The van der Waals surface area contributed by atoms with Crippen LogP contribution in [-0.2, 0) is 4.79 Å². The summed E-state index contributed by atoms with van der Waals surface area (Å²) in [7, 11) is 0. The molecule has 0 aromatic heterocycles. The molecule has 2 nitrogen and oxygen atoms in total. The molecule has 2 aliphatic rings. The monoisotopic (exact) mass is 175 g/mol. The van der Waals surface area contributed by atoms with Gasteiger partial charge in [0, 0.05) is 6.04 Å². The topological polar surface area (TPSA) is 29.1 Å². The lowest BCUT2D eigenvalue weighted by molar-refractivity contribution is -0.110. The summed E-state index contributed by atoms with van der Waals surface area (Å²) in [5.41, 5.74) is 2.88. The van der Waals surface area contributed by atoms with Gasteiger partial charge >= 0.3 is 0 Å². The van der Waals surface area contributed by atoms with Gasteiger partial charge in [-0.05, 0) is 24.8 Å². The van der Waals surface area contributed by atoms with Gasteiger partial charge in [-0.15, -0.1) is 0 Å². The van der Waals surface area contributed by atoms with E-state index in [-0.39, 0.29) is 0 Å². The molecule has 13 heavy (non-hydrogen) atoms. The van der Waals surface area contributed by atoms with Gasteiger partial charge in [0.25, 0.3) is 0 Å². The summed E-state index contributed by atoms with van der Waals surface area (Å²) in [6, 6.07) is 0.332. The quantitative estimate of drug-likeness (QED) is 0.636. The van der Waals surface area contributed by atoms with E-state index in [1.807, 2.05) is 0 Å². The van der Waals surface area contributed by atoms with E-state index in [0.717, 1.165) is 25.7 Å². The van der Waals surface area contributed by atoms with Crippen LogP contribution in [0, 0.1) is 0 Å². The van der Waals surface area contributed by atoms with Gasteiger partial charge in [0.15, 0.2) is 0 Å². The van der Waals surface area contributed by atoms with E-state index in [4.69, 9.17) is 0 Å². The van der Waals surface area contributed by atoms with Gasteiger partial charge < -0.3 is 5.32 Å². The van der Waals surface area contributed by atoms with Crippen LogP contribution < -0.4 is 5.32 Å². The standard InChI is InChI=1S/C11H13NO/c13-8-12-11-6-9-4-2-1-3-5-10(9)7-11/h1-4,8,11H,5-7H2,(H,12,13). The molecular weight excluding hydrogens is 162 g/mol. The first-order valence-corrected chi connectivity index (χ1v) is 4.64. The predicted molar refractivity (Wildman–Crippen MR) is 52.1 cm³/mol. The summed E-state index contributed by atoms with van der Waals surface area (Å²) < 4.78 is 0. The highest BCUT2D eigenvalue weighted by atomic mass is 16.1. The highest BCUT2D eigenvalue weighted by Gasteiger charge is 2.21. The van der Waals surface area contributed by atoms with Crippen LogP contribution in [0.4, 0.5) is 0 Å². The van der Waals surface area contributed by atoms with Gasteiger partial charge in [0.1, 0.15) is 0 Å². The van der Waals surface area contributed by atoms with E-state index >= 15 is 0 Å². The van der Waals surface area contributed by atoms with Crippen LogP contribution >= 0.6 is 0 Å². The molecule has 0 fully saturated rings. The molecule has 2 heteroatoms. The van der Waals surface area contributed by atoms with E-state index < -0.39 is 0 Å². The van der Waals surface area contributed by atoms with Gasteiger partial charge in [-0.25, -0.2) is 0 Å². The SMILES string of the molecule is O=CNC1CC2=C(CC=CC=C2)C1. The summed E-state index contributed by atoms with van der Waals surface area (Å²) in [5.74, 6) is 0. The average Bonchev–Trinajstić information content (AvgIpc) is 2.37. The molecule has 0 spiro atoms. The Bertz CT molecular complexity index is 299. The van der Waals surface area contributed by atoms with Crippen molar-refractivity contribution < 1.29 is 4.79 Å². The number of allylic oxidation sites excluding steroid dienone is 4. The maximum atomic E-state index is 10.3. The van der Waals surface area contributed by atoms with E-state index in [1.54, 1.807) is 0 Å². The molecule has 0 aromatic carbocycles. The minimum Gasteiger partial charge on any atom is -0.355 e. The van der Waals surface area contributed by atoms with Crippen molar-refractivity contribution in [3.8, 4) is 0 Å². The largest absolute Gasteiger partial charge is 0.355 e. The lowest BCUT2D eigenvalue weighted by atomic mass is 10.1. The number of hydrogen-bond donors (Lipinski definition) is 1. The van der Waals surface area contributed by atoms with Crippen LogP contribution in [0.5, 0.6) is 0 Å². The Morgan fingerprint density at radius 2 is 2.31 bits per heavy atom. The summed E-state index contributed by atoms with van der Waals surface area (Å²) in [6.07, 6.45) is 12.3. The van der Waals surface area contributed by atoms with E-state index in [1.165, 1.54) is 11.1 Å². The van der Waals surface area contributed by atoms with Crippen molar-refractivity contribution >= 4 is 6.41 Å². The number of carbonyl (C=O) groups is 1. The third-order valence-electron chi connectivity index (χ3n) is 2.63. The van der Waals surface area contributed by atoms with Crippen molar-refractivity contribution in [3.63, 3.8) is 0 Å². The summed E-state index contributed by atoms with van der Waals surface area (Å²) in [4.78, 5) is 10.3. The third kappa shape index (κ3) is 1.72. The average molecular weight is 175 g/mol. The zero-order valence-corrected chi connectivity index (χ0v) is 7.49. The number of amides is 1. The molecule has 2 aliphatic carbocycles. The summed E-state index contributed by atoms with van der Waals surface area (Å²) in [5, 5.41) is 2.84. The molecule has 1 unspecified atom stereocenters.